The summed E-state index contributed by atoms with van der Waals surface area (Å²) in [6.07, 6.45) is 3.46. The van der Waals surface area contributed by atoms with E-state index in [4.69, 9.17) is 0 Å². The second-order valence-electron chi connectivity index (χ2n) is 5.31. The maximum absolute atomic E-state index is 12.0. The van der Waals surface area contributed by atoms with Gasteiger partial charge in [-0.15, -0.1) is 0 Å². The fourth-order valence-corrected chi connectivity index (χ4v) is 2.51. The highest BCUT2D eigenvalue weighted by molar-refractivity contribution is 5.90. The van der Waals surface area contributed by atoms with Crippen LogP contribution in [0.3, 0.4) is 0 Å². The zero-order valence-electron chi connectivity index (χ0n) is 12.0. The number of H-pyrrole nitrogens is 1. The van der Waals surface area contributed by atoms with Gasteiger partial charge in [0.2, 0.25) is 0 Å². The predicted molar refractivity (Wildman–Crippen MR) is 83.5 cm³/mol. The van der Waals surface area contributed by atoms with Crippen LogP contribution in [0.2, 0.25) is 0 Å². The molecule has 0 aliphatic carbocycles. The van der Waals surface area contributed by atoms with Gasteiger partial charge in [0.05, 0.1) is 30.4 Å². The monoisotopic (exact) mass is 301 g/mol. The van der Waals surface area contributed by atoms with Gasteiger partial charge < -0.3 is 26.0 Å². The standard InChI is InChI=1S/C15H19N5O2/c21-14-4-5-16-8-13(14)20-15(22)19-11-3-1-2-10(6-11)12-7-17-9-18-12/h1-3,6-7,9,13-14,16,21H,4-5,8H2,(H,17,18)(H2,19,20,22)/t13-,14-/m1/s1. The zero-order chi connectivity index (χ0) is 15.4. The molecule has 3 rings (SSSR count). The summed E-state index contributed by atoms with van der Waals surface area (Å²) < 4.78 is 0. The molecule has 7 nitrogen and oxygen atoms in total. The number of aliphatic hydroxyl groups is 1. The van der Waals surface area contributed by atoms with Crippen LogP contribution in [-0.2, 0) is 0 Å². The molecule has 1 aliphatic rings. The van der Waals surface area contributed by atoms with Gasteiger partial charge in [-0.2, -0.15) is 0 Å². The van der Waals surface area contributed by atoms with E-state index in [0.29, 0.717) is 18.7 Å². The number of aliphatic hydroxyl groups excluding tert-OH is 1. The minimum atomic E-state index is -0.511. The Kier molecular flexibility index (Phi) is 4.36. The first-order valence-corrected chi connectivity index (χ1v) is 7.27. The third kappa shape index (κ3) is 3.44. The summed E-state index contributed by atoms with van der Waals surface area (Å²) in [7, 11) is 0. The number of carbonyl (C=O) groups excluding carboxylic acids is 1. The molecule has 7 heteroatoms. The molecule has 0 spiro atoms. The molecular weight excluding hydrogens is 282 g/mol. The molecule has 2 heterocycles. The van der Waals surface area contributed by atoms with Gasteiger partial charge in [-0.05, 0) is 25.1 Å². The van der Waals surface area contributed by atoms with Crippen molar-refractivity contribution in [3.05, 3.63) is 36.8 Å². The molecule has 5 N–H and O–H groups in total. The summed E-state index contributed by atoms with van der Waals surface area (Å²) in [5.74, 6) is 0. The number of aromatic nitrogens is 2. The average Bonchev–Trinajstić information content (AvgIpc) is 3.04. The fourth-order valence-electron chi connectivity index (χ4n) is 2.51. The maximum Gasteiger partial charge on any atom is 0.319 e. The first-order chi connectivity index (χ1) is 10.7. The van der Waals surface area contributed by atoms with E-state index in [-0.39, 0.29) is 12.1 Å². The first kappa shape index (κ1) is 14.6. The van der Waals surface area contributed by atoms with Gasteiger partial charge in [-0.3, -0.25) is 0 Å². The van der Waals surface area contributed by atoms with E-state index in [9.17, 15) is 9.90 Å². The summed E-state index contributed by atoms with van der Waals surface area (Å²) in [6, 6.07) is 6.88. The van der Waals surface area contributed by atoms with Crippen LogP contribution >= 0.6 is 0 Å². The van der Waals surface area contributed by atoms with Crippen molar-refractivity contribution in [1.29, 1.82) is 0 Å². The van der Waals surface area contributed by atoms with Crippen LogP contribution in [0.1, 0.15) is 6.42 Å². The summed E-state index contributed by atoms with van der Waals surface area (Å²) >= 11 is 0. The number of imidazole rings is 1. The van der Waals surface area contributed by atoms with Gasteiger partial charge in [0.15, 0.2) is 0 Å². The van der Waals surface area contributed by atoms with Gasteiger partial charge in [0.25, 0.3) is 0 Å². The zero-order valence-corrected chi connectivity index (χ0v) is 12.0. The topological polar surface area (TPSA) is 102 Å². The Balaban J connectivity index is 1.63. The van der Waals surface area contributed by atoms with Crippen LogP contribution in [0.5, 0.6) is 0 Å². The number of nitrogens with one attached hydrogen (secondary N) is 4. The van der Waals surface area contributed by atoms with Crippen LogP contribution < -0.4 is 16.0 Å². The van der Waals surface area contributed by atoms with Crippen molar-refractivity contribution in [3.63, 3.8) is 0 Å². The summed E-state index contributed by atoms with van der Waals surface area (Å²) in [5, 5.41) is 18.6. The number of aromatic amines is 1. The van der Waals surface area contributed by atoms with Crippen molar-refractivity contribution in [2.45, 2.75) is 18.6 Å². The molecule has 2 atom stereocenters. The summed E-state index contributed by atoms with van der Waals surface area (Å²) in [6.45, 7) is 1.34. The second-order valence-corrected chi connectivity index (χ2v) is 5.31. The maximum atomic E-state index is 12.0. The molecule has 22 heavy (non-hydrogen) atoms. The van der Waals surface area contributed by atoms with Crippen LogP contribution in [-0.4, -0.2) is 46.3 Å². The Morgan fingerprint density at radius 3 is 3.09 bits per heavy atom. The van der Waals surface area contributed by atoms with Gasteiger partial charge in [0.1, 0.15) is 0 Å². The second kappa shape index (κ2) is 6.59. The molecule has 1 saturated heterocycles. The number of benzene rings is 1. The highest BCUT2D eigenvalue weighted by Gasteiger charge is 2.24. The normalized spacial score (nSPS) is 21.3. The molecule has 2 amide bonds. The van der Waals surface area contributed by atoms with Gasteiger partial charge in [0, 0.05) is 17.8 Å². The Morgan fingerprint density at radius 1 is 1.41 bits per heavy atom. The van der Waals surface area contributed by atoms with Gasteiger partial charge in [-0.25, -0.2) is 9.78 Å². The van der Waals surface area contributed by atoms with Crippen LogP contribution in [0.15, 0.2) is 36.8 Å². The van der Waals surface area contributed by atoms with E-state index in [0.717, 1.165) is 17.8 Å². The van der Waals surface area contributed by atoms with Crippen molar-refractivity contribution >= 4 is 11.7 Å². The number of carbonyl (C=O) groups is 1. The fraction of sp³-hybridized carbons (Fsp3) is 0.333. The van der Waals surface area contributed by atoms with E-state index in [1.807, 2.05) is 24.3 Å². The number of urea groups is 1. The van der Waals surface area contributed by atoms with Gasteiger partial charge in [-0.1, -0.05) is 12.1 Å². The molecule has 2 aromatic rings. The third-order valence-electron chi connectivity index (χ3n) is 3.69. The molecule has 0 bridgehead atoms. The summed E-state index contributed by atoms with van der Waals surface area (Å²) in [5.41, 5.74) is 2.51. The van der Waals surface area contributed by atoms with Crippen molar-refractivity contribution in [2.75, 3.05) is 18.4 Å². The molecule has 0 unspecified atom stereocenters. The Hall–Kier alpha value is -2.38. The van der Waals surface area contributed by atoms with Crippen molar-refractivity contribution in [2.24, 2.45) is 0 Å². The molecule has 1 fully saturated rings. The molecule has 1 aromatic carbocycles. The quantitative estimate of drug-likeness (QED) is 0.582. The van der Waals surface area contributed by atoms with Crippen LogP contribution in [0.25, 0.3) is 11.3 Å². The number of amides is 2. The lowest BCUT2D eigenvalue weighted by Gasteiger charge is -2.29. The van der Waals surface area contributed by atoms with E-state index in [2.05, 4.69) is 25.9 Å². The van der Waals surface area contributed by atoms with Crippen molar-refractivity contribution in [1.82, 2.24) is 20.6 Å². The molecule has 116 valence electrons. The SMILES string of the molecule is O=C(Nc1cccc(-c2cnc[nH]2)c1)N[C@@H]1CNCC[C@H]1O. The number of nitrogens with zero attached hydrogens (tertiary/aromatic N) is 1. The van der Waals surface area contributed by atoms with Gasteiger partial charge >= 0.3 is 6.03 Å². The van der Waals surface area contributed by atoms with E-state index in [1.54, 1.807) is 12.5 Å². The molecular formula is C15H19N5O2. The smallest absolute Gasteiger partial charge is 0.319 e. The van der Waals surface area contributed by atoms with E-state index < -0.39 is 6.10 Å². The summed E-state index contributed by atoms with van der Waals surface area (Å²) in [4.78, 5) is 19.1. The molecule has 1 aliphatic heterocycles. The minimum absolute atomic E-state index is 0.274. The van der Waals surface area contributed by atoms with Crippen LogP contribution in [0, 0.1) is 0 Å². The molecule has 1 aromatic heterocycles. The average molecular weight is 301 g/mol. The number of anilines is 1. The van der Waals surface area contributed by atoms with Crippen LogP contribution in [0.4, 0.5) is 10.5 Å². The Morgan fingerprint density at radius 2 is 2.32 bits per heavy atom. The minimum Gasteiger partial charge on any atom is -0.391 e. The Bertz CT molecular complexity index is 629. The van der Waals surface area contributed by atoms with E-state index in [1.165, 1.54) is 0 Å². The number of hydrogen-bond acceptors (Lipinski definition) is 4. The molecule has 0 radical (unpaired) electrons. The lowest BCUT2D eigenvalue weighted by molar-refractivity contribution is 0.103. The van der Waals surface area contributed by atoms with E-state index >= 15 is 0 Å². The predicted octanol–water partition coefficient (Wildman–Crippen LogP) is 0.921. The lowest BCUT2D eigenvalue weighted by Crippen LogP contribution is -2.54. The number of rotatable bonds is 3. The molecule has 0 saturated carbocycles. The Labute approximate surface area is 128 Å². The number of hydrogen-bond donors (Lipinski definition) is 5. The van der Waals surface area contributed by atoms with Crippen molar-refractivity contribution in [3.8, 4) is 11.3 Å². The largest absolute Gasteiger partial charge is 0.391 e. The first-order valence-electron chi connectivity index (χ1n) is 7.27. The number of piperidine rings is 1. The highest BCUT2D eigenvalue weighted by Crippen LogP contribution is 2.20. The third-order valence-corrected chi connectivity index (χ3v) is 3.69. The van der Waals surface area contributed by atoms with Crippen molar-refractivity contribution < 1.29 is 9.90 Å². The highest BCUT2D eigenvalue weighted by atomic mass is 16.3. The lowest BCUT2D eigenvalue weighted by atomic mass is 10.0.